The van der Waals surface area contributed by atoms with Crippen molar-refractivity contribution in [1.82, 2.24) is 9.80 Å². The van der Waals surface area contributed by atoms with Crippen LogP contribution in [0.3, 0.4) is 0 Å². The van der Waals surface area contributed by atoms with Gasteiger partial charge in [0.15, 0.2) is 0 Å². The topological polar surface area (TPSA) is 96.4 Å². The zero-order valence-corrected chi connectivity index (χ0v) is 16.9. The number of carbonyl (C=O) groups is 3. The normalized spacial score (nSPS) is 23.7. The molecule has 9 heteroatoms. The zero-order valence-electron chi connectivity index (χ0n) is 16.9. The molecular formula is C20H25FN2O6. The first-order chi connectivity index (χ1) is 13.4. The average molecular weight is 408 g/mol. The second kappa shape index (κ2) is 7.20. The zero-order chi connectivity index (χ0) is 21.6. The molecule has 0 unspecified atom stereocenters. The Morgan fingerprint density at radius 2 is 1.90 bits per heavy atom. The van der Waals surface area contributed by atoms with Gasteiger partial charge in [0.25, 0.3) is 0 Å². The third-order valence-corrected chi connectivity index (χ3v) is 5.13. The van der Waals surface area contributed by atoms with Crippen molar-refractivity contribution in [2.75, 3.05) is 6.54 Å². The number of rotatable bonds is 2. The molecule has 29 heavy (non-hydrogen) atoms. The van der Waals surface area contributed by atoms with E-state index in [1.165, 1.54) is 17.9 Å². The fourth-order valence-corrected chi connectivity index (χ4v) is 3.63. The van der Waals surface area contributed by atoms with Gasteiger partial charge < -0.3 is 14.6 Å². The number of halogens is 1. The number of ether oxygens (including phenoxy) is 2. The number of likely N-dealkylation sites (tertiary alicyclic amines) is 1. The Labute approximate surface area is 168 Å². The molecule has 1 saturated heterocycles. The van der Waals surface area contributed by atoms with E-state index in [0.29, 0.717) is 11.1 Å². The molecule has 158 valence electrons. The molecule has 0 spiro atoms. The summed E-state index contributed by atoms with van der Waals surface area (Å²) in [4.78, 5) is 39.3. The second-order valence-corrected chi connectivity index (χ2v) is 8.61. The summed E-state index contributed by atoms with van der Waals surface area (Å²) < 4.78 is 24.7. The minimum absolute atomic E-state index is 0.0670. The standard InChI is InChI=1S/C20H25FN2O6/c1-19(2,3)29-18(27)23-10-13(8-20(23,4)16(24)25)28-17(26)22-9-12-6-5-7-15(21)14(12)11-22/h5-7,13H,8-11H2,1-4H3,(H,24,25)/t13-,20+/m1/s1. The summed E-state index contributed by atoms with van der Waals surface area (Å²) in [5, 5.41) is 9.66. The van der Waals surface area contributed by atoms with Crippen LogP contribution >= 0.6 is 0 Å². The van der Waals surface area contributed by atoms with Crippen molar-refractivity contribution < 1.29 is 33.4 Å². The monoisotopic (exact) mass is 408 g/mol. The van der Waals surface area contributed by atoms with Gasteiger partial charge in [0.05, 0.1) is 13.1 Å². The van der Waals surface area contributed by atoms with E-state index in [0.717, 1.165) is 4.90 Å². The molecule has 1 aromatic rings. The first-order valence-electron chi connectivity index (χ1n) is 9.36. The minimum Gasteiger partial charge on any atom is -0.480 e. The molecule has 2 aliphatic rings. The fourth-order valence-electron chi connectivity index (χ4n) is 3.63. The van der Waals surface area contributed by atoms with Crippen molar-refractivity contribution in [2.45, 2.75) is 64.4 Å². The smallest absolute Gasteiger partial charge is 0.411 e. The van der Waals surface area contributed by atoms with E-state index in [9.17, 15) is 23.9 Å². The Bertz CT molecular complexity index is 852. The second-order valence-electron chi connectivity index (χ2n) is 8.61. The highest BCUT2D eigenvalue weighted by atomic mass is 19.1. The van der Waals surface area contributed by atoms with Crippen LogP contribution in [-0.4, -0.2) is 56.9 Å². The molecule has 0 aliphatic carbocycles. The van der Waals surface area contributed by atoms with Crippen molar-refractivity contribution in [2.24, 2.45) is 0 Å². The number of hydrogen-bond donors (Lipinski definition) is 1. The van der Waals surface area contributed by atoms with Crippen LogP contribution in [0.15, 0.2) is 18.2 Å². The van der Waals surface area contributed by atoms with Gasteiger partial charge in [-0.25, -0.2) is 18.8 Å². The van der Waals surface area contributed by atoms with Crippen LogP contribution < -0.4 is 0 Å². The predicted molar refractivity (Wildman–Crippen MR) is 99.5 cm³/mol. The molecule has 1 N–H and O–H groups in total. The van der Waals surface area contributed by atoms with Crippen LogP contribution in [0.2, 0.25) is 0 Å². The maximum absolute atomic E-state index is 13.9. The van der Waals surface area contributed by atoms with Crippen molar-refractivity contribution in [3.05, 3.63) is 35.1 Å². The molecule has 1 fully saturated rings. The number of carboxylic acid groups (broad SMARTS) is 1. The van der Waals surface area contributed by atoms with Crippen LogP contribution in [0.4, 0.5) is 14.0 Å². The van der Waals surface area contributed by atoms with E-state index < -0.39 is 35.4 Å². The van der Waals surface area contributed by atoms with E-state index in [1.54, 1.807) is 32.9 Å². The maximum Gasteiger partial charge on any atom is 0.411 e. The molecule has 0 aromatic heterocycles. The Kier molecular flexibility index (Phi) is 5.19. The van der Waals surface area contributed by atoms with Crippen LogP contribution in [0.5, 0.6) is 0 Å². The maximum atomic E-state index is 13.9. The largest absolute Gasteiger partial charge is 0.480 e. The third kappa shape index (κ3) is 4.13. The van der Waals surface area contributed by atoms with Gasteiger partial charge in [-0.2, -0.15) is 0 Å². The van der Waals surface area contributed by atoms with Crippen LogP contribution in [0, 0.1) is 5.82 Å². The third-order valence-electron chi connectivity index (χ3n) is 5.13. The lowest BCUT2D eigenvalue weighted by Crippen LogP contribution is -2.52. The Morgan fingerprint density at radius 3 is 2.48 bits per heavy atom. The van der Waals surface area contributed by atoms with E-state index >= 15 is 0 Å². The molecule has 3 rings (SSSR count). The highest BCUT2D eigenvalue weighted by Gasteiger charge is 2.53. The number of aliphatic carboxylic acids is 1. The van der Waals surface area contributed by atoms with Crippen molar-refractivity contribution >= 4 is 18.2 Å². The molecule has 2 atom stereocenters. The number of hydrogen-bond acceptors (Lipinski definition) is 5. The van der Waals surface area contributed by atoms with Crippen LogP contribution in [0.1, 0.15) is 45.2 Å². The lowest BCUT2D eigenvalue weighted by Gasteiger charge is -2.32. The molecule has 2 amide bonds. The van der Waals surface area contributed by atoms with Gasteiger partial charge in [-0.1, -0.05) is 12.1 Å². The highest BCUT2D eigenvalue weighted by molar-refractivity contribution is 5.85. The van der Waals surface area contributed by atoms with E-state index in [1.807, 2.05) is 0 Å². The van der Waals surface area contributed by atoms with Crippen LogP contribution in [0.25, 0.3) is 0 Å². The van der Waals surface area contributed by atoms with Gasteiger partial charge in [0.1, 0.15) is 23.1 Å². The van der Waals surface area contributed by atoms with Crippen molar-refractivity contribution in [1.29, 1.82) is 0 Å². The highest BCUT2D eigenvalue weighted by Crippen LogP contribution is 2.34. The molecule has 0 saturated carbocycles. The van der Waals surface area contributed by atoms with Gasteiger partial charge in [0, 0.05) is 18.5 Å². The molecule has 2 aliphatic heterocycles. The molecule has 0 radical (unpaired) electrons. The number of benzene rings is 1. The molecule has 1 aromatic carbocycles. The number of nitrogens with zero attached hydrogens (tertiary/aromatic N) is 2. The molecular weight excluding hydrogens is 383 g/mol. The first-order valence-corrected chi connectivity index (χ1v) is 9.36. The Morgan fingerprint density at radius 1 is 1.21 bits per heavy atom. The number of fused-ring (bicyclic) bond motifs is 1. The number of carboxylic acids is 1. The van der Waals surface area contributed by atoms with Gasteiger partial charge in [-0.15, -0.1) is 0 Å². The predicted octanol–water partition coefficient (Wildman–Crippen LogP) is 3.13. The summed E-state index contributed by atoms with van der Waals surface area (Å²) in [6, 6.07) is 4.66. The lowest BCUT2D eigenvalue weighted by atomic mass is 9.99. The molecule has 2 heterocycles. The molecule has 8 nitrogen and oxygen atoms in total. The fraction of sp³-hybridized carbons (Fsp3) is 0.550. The van der Waals surface area contributed by atoms with Gasteiger partial charge in [0.2, 0.25) is 0 Å². The Hall–Kier alpha value is -2.84. The summed E-state index contributed by atoms with van der Waals surface area (Å²) in [6.07, 6.45) is -2.34. The Balaban J connectivity index is 1.69. The van der Waals surface area contributed by atoms with Crippen molar-refractivity contribution in [3.8, 4) is 0 Å². The van der Waals surface area contributed by atoms with Gasteiger partial charge >= 0.3 is 18.2 Å². The quantitative estimate of drug-likeness (QED) is 0.808. The summed E-state index contributed by atoms with van der Waals surface area (Å²) >= 11 is 0. The van der Waals surface area contributed by atoms with Gasteiger partial charge in [-0.3, -0.25) is 9.80 Å². The average Bonchev–Trinajstić information content (AvgIpc) is 3.16. The summed E-state index contributed by atoms with van der Waals surface area (Å²) in [6.45, 7) is 6.64. The number of amides is 2. The number of carbonyl (C=O) groups excluding carboxylic acids is 2. The van der Waals surface area contributed by atoms with E-state index in [4.69, 9.17) is 9.47 Å². The minimum atomic E-state index is -1.56. The van der Waals surface area contributed by atoms with Gasteiger partial charge in [-0.05, 0) is 39.3 Å². The summed E-state index contributed by atoms with van der Waals surface area (Å²) in [7, 11) is 0. The van der Waals surface area contributed by atoms with Crippen molar-refractivity contribution in [3.63, 3.8) is 0 Å². The molecule has 0 bridgehead atoms. The lowest BCUT2D eigenvalue weighted by molar-refractivity contribution is -0.148. The van der Waals surface area contributed by atoms with E-state index in [-0.39, 0.29) is 31.9 Å². The summed E-state index contributed by atoms with van der Waals surface area (Å²) in [5.74, 6) is -1.59. The first kappa shape index (κ1) is 20.9. The summed E-state index contributed by atoms with van der Waals surface area (Å²) in [5.41, 5.74) is -1.20. The van der Waals surface area contributed by atoms with E-state index in [2.05, 4.69) is 0 Å². The SMILES string of the molecule is CC(C)(C)OC(=O)N1C[C@H](OC(=O)N2Cc3cccc(F)c3C2)C[C@@]1(C)C(=O)O. The van der Waals surface area contributed by atoms with Crippen LogP contribution in [-0.2, 0) is 27.4 Å².